The van der Waals surface area contributed by atoms with Gasteiger partial charge in [-0.15, -0.1) is 0 Å². The topological polar surface area (TPSA) is 52.3 Å². The largest absolute Gasteiger partial charge is 0.497 e. The number of hydrogen-bond donors (Lipinski definition) is 0. The molecule has 0 bridgehead atoms. The molecule has 2 aromatic carbocycles. The first-order valence-corrected chi connectivity index (χ1v) is 8.48. The smallest absolute Gasteiger partial charge is 0.248 e. The van der Waals surface area contributed by atoms with Crippen LogP contribution in [0.15, 0.2) is 53.8 Å². The number of methoxy groups -OCH3 is 1. The molecule has 7 heteroatoms. The van der Waals surface area contributed by atoms with Gasteiger partial charge in [-0.25, -0.2) is 9.67 Å². The minimum atomic E-state index is 0.00496. The zero-order valence-corrected chi connectivity index (χ0v) is 14.9. The molecule has 0 aliphatic carbocycles. The first-order valence-electron chi connectivity index (χ1n) is 7.72. The van der Waals surface area contributed by atoms with Crippen LogP contribution in [0, 0.1) is 0 Å². The molecule has 0 fully saturated rings. The number of ether oxygens (including phenoxy) is 1. The van der Waals surface area contributed by atoms with E-state index in [1.807, 2.05) is 41.1 Å². The second-order valence-corrected chi connectivity index (χ2v) is 6.50. The molecule has 0 amide bonds. The van der Waals surface area contributed by atoms with E-state index in [0.29, 0.717) is 22.4 Å². The summed E-state index contributed by atoms with van der Waals surface area (Å²) >= 11 is 12.2. The molecule has 1 unspecified atom stereocenters. The first-order chi connectivity index (χ1) is 12.2. The number of halogens is 2. The Balaban J connectivity index is 1.75. The lowest BCUT2D eigenvalue weighted by Crippen LogP contribution is -2.21. The van der Waals surface area contributed by atoms with E-state index in [2.05, 4.69) is 15.1 Å². The first kappa shape index (κ1) is 16.1. The quantitative estimate of drug-likeness (QED) is 0.668. The van der Waals surface area contributed by atoms with Crippen molar-refractivity contribution in [1.29, 1.82) is 0 Å². The van der Waals surface area contributed by atoms with Crippen molar-refractivity contribution in [3.05, 3.63) is 70.0 Å². The molecule has 25 heavy (non-hydrogen) atoms. The second-order valence-electron chi connectivity index (χ2n) is 5.69. The number of nitrogens with zero attached hydrogens (tertiary/aromatic N) is 4. The van der Waals surface area contributed by atoms with Crippen LogP contribution in [0.5, 0.6) is 5.75 Å². The van der Waals surface area contributed by atoms with Crippen LogP contribution in [0.2, 0.25) is 10.0 Å². The highest BCUT2D eigenvalue weighted by molar-refractivity contribution is 6.42. The summed E-state index contributed by atoms with van der Waals surface area (Å²) < 4.78 is 7.08. The summed E-state index contributed by atoms with van der Waals surface area (Å²) in [5, 5.41) is 5.37. The summed E-state index contributed by atoms with van der Waals surface area (Å²) in [5.74, 6) is 1.39. The lowest BCUT2D eigenvalue weighted by Gasteiger charge is -2.24. The fraction of sp³-hybridized carbons (Fsp3) is 0.167. The van der Waals surface area contributed by atoms with Crippen molar-refractivity contribution < 1.29 is 4.74 Å². The molecule has 1 aromatic heterocycles. The molecule has 3 aromatic rings. The SMILES string of the molecule is COc1ccc(C2CC(c3ccc(Cl)c(Cl)c3)=Nc3ncnn32)cc1. The van der Waals surface area contributed by atoms with E-state index < -0.39 is 0 Å². The molecule has 1 aliphatic rings. The standard InChI is InChI=1S/C18H14Cl2N4O/c1-25-13-5-2-11(3-6-13)17-9-16(23-18-21-10-22-24(17)18)12-4-7-14(19)15(20)8-12/h2-8,10,17H,9H2,1H3. The van der Waals surface area contributed by atoms with Crippen molar-refractivity contribution >= 4 is 34.9 Å². The summed E-state index contributed by atoms with van der Waals surface area (Å²) in [6.07, 6.45) is 2.20. The van der Waals surface area contributed by atoms with Gasteiger partial charge < -0.3 is 4.74 Å². The van der Waals surface area contributed by atoms with Crippen molar-refractivity contribution in [3.63, 3.8) is 0 Å². The number of benzene rings is 2. The third-order valence-electron chi connectivity index (χ3n) is 4.22. The normalized spacial score (nSPS) is 16.3. The van der Waals surface area contributed by atoms with Crippen LogP contribution in [0.1, 0.15) is 23.6 Å². The Morgan fingerprint density at radius 2 is 1.88 bits per heavy atom. The second kappa shape index (κ2) is 6.50. The molecule has 4 rings (SSSR count). The zero-order chi connectivity index (χ0) is 17.4. The molecule has 0 radical (unpaired) electrons. The maximum absolute atomic E-state index is 6.16. The van der Waals surface area contributed by atoms with Crippen LogP contribution < -0.4 is 4.74 Å². The van der Waals surface area contributed by atoms with E-state index in [4.69, 9.17) is 27.9 Å². The van der Waals surface area contributed by atoms with Crippen LogP contribution >= 0.6 is 23.2 Å². The van der Waals surface area contributed by atoms with Crippen LogP contribution in [0.3, 0.4) is 0 Å². The van der Waals surface area contributed by atoms with Gasteiger partial charge in [-0.2, -0.15) is 10.1 Å². The van der Waals surface area contributed by atoms with Gasteiger partial charge in [0.15, 0.2) is 0 Å². The van der Waals surface area contributed by atoms with E-state index in [-0.39, 0.29) is 6.04 Å². The molecule has 1 aliphatic heterocycles. The summed E-state index contributed by atoms with van der Waals surface area (Å²) in [7, 11) is 1.65. The van der Waals surface area contributed by atoms with Crippen molar-refractivity contribution in [2.75, 3.05) is 7.11 Å². The minimum Gasteiger partial charge on any atom is -0.497 e. The molecule has 0 saturated carbocycles. The van der Waals surface area contributed by atoms with E-state index in [9.17, 15) is 0 Å². The van der Waals surface area contributed by atoms with Crippen molar-refractivity contribution in [1.82, 2.24) is 14.8 Å². The predicted octanol–water partition coefficient (Wildman–Crippen LogP) is 4.71. The Hall–Kier alpha value is -2.37. The van der Waals surface area contributed by atoms with Gasteiger partial charge >= 0.3 is 0 Å². The Bertz CT molecular complexity index is 950. The van der Waals surface area contributed by atoms with Crippen LogP contribution in [-0.2, 0) is 0 Å². The predicted molar refractivity (Wildman–Crippen MR) is 98.4 cm³/mol. The molecular weight excluding hydrogens is 359 g/mol. The third kappa shape index (κ3) is 3.01. The average Bonchev–Trinajstić information content (AvgIpc) is 3.12. The fourth-order valence-electron chi connectivity index (χ4n) is 2.92. The van der Waals surface area contributed by atoms with E-state index in [0.717, 1.165) is 22.6 Å². The molecule has 0 saturated heterocycles. The molecule has 5 nitrogen and oxygen atoms in total. The molecule has 2 heterocycles. The van der Waals surface area contributed by atoms with Crippen molar-refractivity contribution in [3.8, 4) is 5.75 Å². The Morgan fingerprint density at radius 1 is 1.08 bits per heavy atom. The highest BCUT2D eigenvalue weighted by Crippen LogP contribution is 2.34. The molecule has 1 atom stereocenters. The van der Waals surface area contributed by atoms with Gasteiger partial charge in [-0.3, -0.25) is 0 Å². The maximum Gasteiger partial charge on any atom is 0.248 e. The summed E-state index contributed by atoms with van der Waals surface area (Å²) in [5.41, 5.74) is 2.95. The number of rotatable bonds is 3. The number of hydrogen-bond acceptors (Lipinski definition) is 4. The Kier molecular flexibility index (Phi) is 4.19. The number of aromatic nitrogens is 3. The van der Waals surface area contributed by atoms with Gasteiger partial charge in [0.2, 0.25) is 5.95 Å². The van der Waals surface area contributed by atoms with Gasteiger partial charge in [0.1, 0.15) is 12.1 Å². The lowest BCUT2D eigenvalue weighted by molar-refractivity contribution is 0.414. The van der Waals surface area contributed by atoms with Gasteiger partial charge in [0.05, 0.1) is 28.9 Å². The maximum atomic E-state index is 6.16. The van der Waals surface area contributed by atoms with Gasteiger partial charge in [-0.1, -0.05) is 41.4 Å². The van der Waals surface area contributed by atoms with Crippen molar-refractivity contribution in [2.45, 2.75) is 12.5 Å². The number of aliphatic imine (C=N–C) groups is 1. The Morgan fingerprint density at radius 3 is 2.60 bits per heavy atom. The zero-order valence-electron chi connectivity index (χ0n) is 13.4. The monoisotopic (exact) mass is 372 g/mol. The molecule has 0 N–H and O–H groups in total. The van der Waals surface area contributed by atoms with E-state index in [1.165, 1.54) is 6.33 Å². The van der Waals surface area contributed by atoms with Gasteiger partial charge in [0.25, 0.3) is 0 Å². The Labute approximate surface area is 154 Å². The number of fused-ring (bicyclic) bond motifs is 1. The average molecular weight is 373 g/mol. The lowest BCUT2D eigenvalue weighted by atomic mass is 9.96. The summed E-state index contributed by atoms with van der Waals surface area (Å²) in [6, 6.07) is 13.5. The highest BCUT2D eigenvalue weighted by atomic mass is 35.5. The summed E-state index contributed by atoms with van der Waals surface area (Å²) in [4.78, 5) is 8.90. The highest BCUT2D eigenvalue weighted by Gasteiger charge is 2.26. The van der Waals surface area contributed by atoms with E-state index >= 15 is 0 Å². The minimum absolute atomic E-state index is 0.00496. The van der Waals surface area contributed by atoms with Crippen LogP contribution in [0.25, 0.3) is 0 Å². The fourth-order valence-corrected chi connectivity index (χ4v) is 3.22. The van der Waals surface area contributed by atoms with Gasteiger partial charge in [-0.05, 0) is 35.4 Å². The van der Waals surface area contributed by atoms with Crippen LogP contribution in [0.4, 0.5) is 5.95 Å². The molecule has 0 spiro atoms. The van der Waals surface area contributed by atoms with Gasteiger partial charge in [0, 0.05) is 6.42 Å². The molecule has 126 valence electrons. The van der Waals surface area contributed by atoms with Crippen molar-refractivity contribution in [2.24, 2.45) is 4.99 Å². The van der Waals surface area contributed by atoms with Crippen LogP contribution in [-0.4, -0.2) is 27.6 Å². The summed E-state index contributed by atoms with van der Waals surface area (Å²) in [6.45, 7) is 0. The van der Waals surface area contributed by atoms with E-state index in [1.54, 1.807) is 13.2 Å². The molecular formula is C18H14Cl2N4O. The third-order valence-corrected chi connectivity index (χ3v) is 4.96.